The van der Waals surface area contributed by atoms with Gasteiger partial charge in [-0.1, -0.05) is 0 Å². The highest BCUT2D eigenvalue weighted by Gasteiger charge is 2.23. The summed E-state index contributed by atoms with van der Waals surface area (Å²) in [6.07, 6.45) is 3.93. The lowest BCUT2D eigenvalue weighted by molar-refractivity contribution is -0.120. The number of likely N-dealkylation sites (tertiary alicyclic amines) is 1. The lowest BCUT2D eigenvalue weighted by atomic mass is 9.95. The Labute approximate surface area is 171 Å². The van der Waals surface area contributed by atoms with Crippen molar-refractivity contribution in [3.05, 3.63) is 24.2 Å². The molecule has 0 radical (unpaired) electrons. The average molecular weight is 477 g/mol. The second-order valence-corrected chi connectivity index (χ2v) is 6.15. The molecular weight excluding hydrogens is 449 g/mol. The van der Waals surface area contributed by atoms with Crippen molar-refractivity contribution in [3.8, 4) is 0 Å². The van der Waals surface area contributed by atoms with Gasteiger partial charge in [-0.3, -0.25) is 9.59 Å². The Kier molecular flexibility index (Phi) is 10.1. The Morgan fingerprint density at radius 2 is 2.23 bits per heavy atom. The maximum atomic E-state index is 12.0. The van der Waals surface area contributed by atoms with Crippen molar-refractivity contribution in [2.24, 2.45) is 16.6 Å². The first-order valence-corrected chi connectivity index (χ1v) is 8.69. The van der Waals surface area contributed by atoms with Gasteiger partial charge in [0.25, 0.3) is 0 Å². The monoisotopic (exact) mass is 477 g/mol. The Morgan fingerprint density at radius 1 is 1.42 bits per heavy atom. The molecule has 2 heterocycles. The molecule has 8 nitrogen and oxygen atoms in total. The van der Waals surface area contributed by atoms with Gasteiger partial charge >= 0.3 is 0 Å². The molecule has 0 aromatic carbocycles. The quantitative estimate of drug-likeness (QED) is 0.309. The molecular formula is C17H28IN5O3. The van der Waals surface area contributed by atoms with Gasteiger partial charge in [0.15, 0.2) is 5.96 Å². The van der Waals surface area contributed by atoms with E-state index in [0.717, 1.165) is 25.9 Å². The van der Waals surface area contributed by atoms with Crippen molar-refractivity contribution in [3.63, 3.8) is 0 Å². The summed E-state index contributed by atoms with van der Waals surface area (Å²) in [4.78, 5) is 29.6. The minimum atomic E-state index is -0.272. The summed E-state index contributed by atoms with van der Waals surface area (Å²) in [6.45, 7) is 4.67. The second kappa shape index (κ2) is 11.8. The maximum Gasteiger partial charge on any atom is 0.242 e. The summed E-state index contributed by atoms with van der Waals surface area (Å²) in [6, 6.07) is 3.59. The number of hydrogen-bond acceptors (Lipinski definition) is 4. The standard InChI is InChI=1S/C17H27N5O3.HI/c1-2-19-17(22-7-3-5-13(12-22)9-15(18)23)21-11-16(24)20-10-14-6-4-8-25-14;/h4,6,8,13H,2-3,5,7,9-12H2,1H3,(H2,18,23)(H,19,21)(H,20,24);1H. The molecule has 1 aliphatic rings. The van der Waals surface area contributed by atoms with Crippen LogP contribution in [-0.4, -0.2) is 48.9 Å². The van der Waals surface area contributed by atoms with Crippen molar-refractivity contribution >= 4 is 41.8 Å². The molecule has 1 atom stereocenters. The molecule has 1 aromatic heterocycles. The molecule has 1 aliphatic heterocycles. The molecule has 0 spiro atoms. The van der Waals surface area contributed by atoms with Gasteiger partial charge < -0.3 is 25.7 Å². The van der Waals surface area contributed by atoms with Gasteiger partial charge in [-0.2, -0.15) is 0 Å². The number of carbonyl (C=O) groups is 2. The molecule has 2 rings (SSSR count). The summed E-state index contributed by atoms with van der Waals surface area (Å²) >= 11 is 0. The van der Waals surface area contributed by atoms with Crippen molar-refractivity contribution in [2.45, 2.75) is 32.7 Å². The number of nitrogens with two attached hydrogens (primary N) is 1. The van der Waals surface area contributed by atoms with Crippen LogP contribution >= 0.6 is 24.0 Å². The molecule has 1 aromatic rings. The average Bonchev–Trinajstić information content (AvgIpc) is 3.10. The zero-order chi connectivity index (χ0) is 18.1. The summed E-state index contributed by atoms with van der Waals surface area (Å²) in [7, 11) is 0. The van der Waals surface area contributed by atoms with Crippen molar-refractivity contribution in [2.75, 3.05) is 26.2 Å². The summed E-state index contributed by atoms with van der Waals surface area (Å²) in [5.41, 5.74) is 5.31. The number of carbonyl (C=O) groups excluding carboxylic acids is 2. The van der Waals surface area contributed by atoms with Gasteiger partial charge in [-0.05, 0) is 37.8 Å². The highest BCUT2D eigenvalue weighted by atomic mass is 127. The molecule has 146 valence electrons. The highest BCUT2D eigenvalue weighted by molar-refractivity contribution is 14.0. The van der Waals surface area contributed by atoms with Crippen LogP contribution in [0.5, 0.6) is 0 Å². The Hall–Kier alpha value is -1.78. The van der Waals surface area contributed by atoms with E-state index in [4.69, 9.17) is 10.2 Å². The molecule has 2 amide bonds. The Bertz CT molecular complexity index is 591. The van der Waals surface area contributed by atoms with E-state index >= 15 is 0 Å². The minimum Gasteiger partial charge on any atom is -0.467 e. The van der Waals surface area contributed by atoms with Gasteiger partial charge in [-0.15, -0.1) is 24.0 Å². The lowest BCUT2D eigenvalue weighted by Gasteiger charge is -2.34. The molecule has 0 saturated carbocycles. The number of halogens is 1. The fraction of sp³-hybridized carbons (Fsp3) is 0.588. The first-order chi connectivity index (χ1) is 12.1. The number of rotatable bonds is 7. The second-order valence-electron chi connectivity index (χ2n) is 6.15. The van der Waals surface area contributed by atoms with Gasteiger partial charge in [-0.25, -0.2) is 4.99 Å². The Balaban J connectivity index is 0.00000338. The van der Waals surface area contributed by atoms with Crippen LogP contribution in [0, 0.1) is 5.92 Å². The zero-order valence-corrected chi connectivity index (χ0v) is 17.4. The van der Waals surface area contributed by atoms with E-state index in [-0.39, 0.29) is 48.3 Å². The van der Waals surface area contributed by atoms with Crippen LogP contribution in [0.4, 0.5) is 0 Å². The smallest absolute Gasteiger partial charge is 0.242 e. The molecule has 0 aliphatic carbocycles. The van der Waals surface area contributed by atoms with E-state index < -0.39 is 0 Å². The largest absolute Gasteiger partial charge is 0.467 e. The van der Waals surface area contributed by atoms with E-state index in [1.54, 1.807) is 18.4 Å². The molecule has 4 N–H and O–H groups in total. The fourth-order valence-corrected chi connectivity index (χ4v) is 2.94. The molecule has 9 heteroatoms. The van der Waals surface area contributed by atoms with Crippen LogP contribution in [0.15, 0.2) is 27.8 Å². The van der Waals surface area contributed by atoms with Crippen LogP contribution in [0.1, 0.15) is 31.9 Å². The number of furan rings is 1. The third-order valence-electron chi connectivity index (χ3n) is 4.06. The number of hydrogen-bond donors (Lipinski definition) is 3. The summed E-state index contributed by atoms with van der Waals surface area (Å²) < 4.78 is 5.18. The number of nitrogens with one attached hydrogen (secondary N) is 2. The number of primary amides is 1. The number of piperidine rings is 1. The van der Waals surface area contributed by atoms with E-state index in [0.29, 0.717) is 31.2 Å². The third-order valence-corrected chi connectivity index (χ3v) is 4.06. The summed E-state index contributed by atoms with van der Waals surface area (Å²) in [5.74, 6) is 1.20. The third kappa shape index (κ3) is 7.63. The van der Waals surface area contributed by atoms with Crippen molar-refractivity contribution in [1.82, 2.24) is 15.5 Å². The van der Waals surface area contributed by atoms with Crippen molar-refractivity contribution < 1.29 is 14.0 Å². The number of nitrogens with zero attached hydrogens (tertiary/aromatic N) is 2. The molecule has 1 fully saturated rings. The first-order valence-electron chi connectivity index (χ1n) is 8.69. The van der Waals surface area contributed by atoms with Crippen LogP contribution in [0.2, 0.25) is 0 Å². The maximum absolute atomic E-state index is 12.0. The van der Waals surface area contributed by atoms with Gasteiger partial charge in [0.2, 0.25) is 11.8 Å². The SMILES string of the molecule is CCNC(=NCC(=O)NCc1ccco1)N1CCCC(CC(N)=O)C1.I. The lowest BCUT2D eigenvalue weighted by Crippen LogP contribution is -2.47. The van der Waals surface area contributed by atoms with Gasteiger partial charge in [0, 0.05) is 26.1 Å². The predicted octanol–water partition coefficient (Wildman–Crippen LogP) is 1.07. The number of guanidine groups is 1. The van der Waals surface area contributed by atoms with E-state index in [9.17, 15) is 9.59 Å². The zero-order valence-electron chi connectivity index (χ0n) is 15.1. The minimum absolute atomic E-state index is 0. The van der Waals surface area contributed by atoms with E-state index in [1.807, 2.05) is 6.92 Å². The summed E-state index contributed by atoms with van der Waals surface area (Å²) in [5, 5.41) is 5.99. The normalized spacial score (nSPS) is 17.3. The van der Waals surface area contributed by atoms with E-state index in [1.165, 1.54) is 0 Å². The topological polar surface area (TPSA) is 113 Å². The molecule has 1 unspecified atom stereocenters. The van der Waals surface area contributed by atoms with Crippen LogP contribution in [-0.2, 0) is 16.1 Å². The van der Waals surface area contributed by atoms with Crippen LogP contribution in [0.25, 0.3) is 0 Å². The first kappa shape index (κ1) is 22.3. The van der Waals surface area contributed by atoms with Crippen LogP contribution < -0.4 is 16.4 Å². The highest BCUT2D eigenvalue weighted by Crippen LogP contribution is 2.19. The van der Waals surface area contributed by atoms with Gasteiger partial charge in [0.05, 0.1) is 12.8 Å². The molecule has 1 saturated heterocycles. The van der Waals surface area contributed by atoms with E-state index in [2.05, 4.69) is 20.5 Å². The fourth-order valence-electron chi connectivity index (χ4n) is 2.94. The number of amides is 2. The van der Waals surface area contributed by atoms with Crippen LogP contribution in [0.3, 0.4) is 0 Å². The molecule has 26 heavy (non-hydrogen) atoms. The number of aliphatic imine (C=N–C) groups is 1. The Morgan fingerprint density at radius 3 is 2.88 bits per heavy atom. The molecule has 0 bridgehead atoms. The van der Waals surface area contributed by atoms with Crippen molar-refractivity contribution in [1.29, 1.82) is 0 Å². The predicted molar refractivity (Wildman–Crippen MR) is 110 cm³/mol. The van der Waals surface area contributed by atoms with Gasteiger partial charge in [0.1, 0.15) is 12.3 Å².